The molecular weight excluding hydrogens is 290 g/mol. The van der Waals surface area contributed by atoms with Gasteiger partial charge in [-0.2, -0.15) is 0 Å². The van der Waals surface area contributed by atoms with E-state index in [1.165, 1.54) is 5.56 Å². The highest BCUT2D eigenvalue weighted by Crippen LogP contribution is 2.15. The van der Waals surface area contributed by atoms with Gasteiger partial charge in [0.25, 0.3) is 5.56 Å². The largest absolute Gasteiger partial charge is 0.375 e. The fraction of sp³-hybridized carbons (Fsp3) is 0.444. The van der Waals surface area contributed by atoms with Crippen LogP contribution in [0.2, 0.25) is 0 Å². The number of morpholine rings is 1. The van der Waals surface area contributed by atoms with Crippen LogP contribution in [0.3, 0.4) is 0 Å². The number of aryl methyl sites for hydroxylation is 2. The summed E-state index contributed by atoms with van der Waals surface area (Å²) in [6.45, 7) is 4.71. The van der Waals surface area contributed by atoms with Crippen molar-refractivity contribution in [1.29, 1.82) is 0 Å². The molecule has 0 bridgehead atoms. The van der Waals surface area contributed by atoms with E-state index in [9.17, 15) is 4.79 Å². The number of nitrogens with zero attached hydrogens (tertiary/aromatic N) is 3. The predicted molar refractivity (Wildman–Crippen MR) is 90.9 cm³/mol. The summed E-state index contributed by atoms with van der Waals surface area (Å²) in [5.41, 5.74) is 1.30. The molecule has 0 aliphatic carbocycles. The minimum absolute atomic E-state index is 0.0151. The van der Waals surface area contributed by atoms with E-state index in [0.29, 0.717) is 19.0 Å². The molecule has 1 fully saturated rings. The van der Waals surface area contributed by atoms with Gasteiger partial charge in [0.15, 0.2) is 5.82 Å². The summed E-state index contributed by atoms with van der Waals surface area (Å²) in [5.74, 6) is 0.544. The second-order valence-electron chi connectivity index (χ2n) is 5.81. The van der Waals surface area contributed by atoms with E-state index in [0.717, 1.165) is 25.9 Å². The number of anilines is 1. The summed E-state index contributed by atoms with van der Waals surface area (Å²) in [5, 5.41) is 0. The summed E-state index contributed by atoms with van der Waals surface area (Å²) < 4.78 is 7.56. The van der Waals surface area contributed by atoms with E-state index in [4.69, 9.17) is 4.74 Å². The molecule has 2 aromatic rings. The minimum Gasteiger partial charge on any atom is -0.375 e. The fourth-order valence-corrected chi connectivity index (χ4v) is 2.96. The van der Waals surface area contributed by atoms with Gasteiger partial charge in [-0.25, -0.2) is 4.98 Å². The van der Waals surface area contributed by atoms with Gasteiger partial charge in [0, 0.05) is 32.0 Å². The highest BCUT2D eigenvalue weighted by atomic mass is 16.5. The zero-order valence-electron chi connectivity index (χ0n) is 13.5. The smallest absolute Gasteiger partial charge is 0.293 e. The van der Waals surface area contributed by atoms with Crippen molar-refractivity contribution in [3.8, 4) is 0 Å². The van der Waals surface area contributed by atoms with Crippen LogP contribution < -0.4 is 10.5 Å². The molecule has 3 rings (SSSR count). The van der Waals surface area contributed by atoms with E-state index in [1.807, 2.05) is 13.0 Å². The molecule has 1 aromatic heterocycles. The first-order chi connectivity index (χ1) is 11.3. The van der Waals surface area contributed by atoms with Crippen LogP contribution in [0.5, 0.6) is 0 Å². The first kappa shape index (κ1) is 15.7. The summed E-state index contributed by atoms with van der Waals surface area (Å²) in [4.78, 5) is 18.8. The molecular formula is C18H23N3O2. The Morgan fingerprint density at radius 3 is 2.91 bits per heavy atom. The van der Waals surface area contributed by atoms with Crippen LogP contribution >= 0.6 is 0 Å². The normalized spacial score (nSPS) is 18.1. The van der Waals surface area contributed by atoms with E-state index < -0.39 is 0 Å². The van der Waals surface area contributed by atoms with Crippen molar-refractivity contribution in [1.82, 2.24) is 9.55 Å². The number of ether oxygens (including phenoxy) is 1. The summed E-state index contributed by atoms with van der Waals surface area (Å²) in [6, 6.07) is 10.4. The number of rotatable bonds is 5. The summed E-state index contributed by atoms with van der Waals surface area (Å²) in [7, 11) is 0. The molecule has 0 saturated carbocycles. The third-order valence-electron chi connectivity index (χ3n) is 4.27. The van der Waals surface area contributed by atoms with E-state index >= 15 is 0 Å². The molecule has 5 nitrogen and oxygen atoms in total. The highest BCUT2D eigenvalue weighted by Gasteiger charge is 2.23. The van der Waals surface area contributed by atoms with Gasteiger partial charge in [-0.3, -0.25) is 4.79 Å². The topological polar surface area (TPSA) is 47.4 Å². The Hall–Kier alpha value is -2.14. The van der Waals surface area contributed by atoms with Crippen molar-refractivity contribution in [2.45, 2.75) is 32.4 Å². The Morgan fingerprint density at radius 1 is 1.30 bits per heavy atom. The number of benzene rings is 1. The van der Waals surface area contributed by atoms with Gasteiger partial charge >= 0.3 is 0 Å². The fourth-order valence-electron chi connectivity index (χ4n) is 2.96. The predicted octanol–water partition coefficient (Wildman–Crippen LogP) is 2.10. The highest BCUT2D eigenvalue weighted by molar-refractivity contribution is 5.36. The Balaban J connectivity index is 1.65. The maximum atomic E-state index is 12.4. The van der Waals surface area contributed by atoms with Crippen LogP contribution in [0.1, 0.15) is 18.9 Å². The maximum Gasteiger partial charge on any atom is 0.293 e. The van der Waals surface area contributed by atoms with Gasteiger partial charge in [-0.1, -0.05) is 30.3 Å². The standard InChI is InChI=1S/C18H23N3O2/c1-2-20-11-10-19-17(18(20)22)21-12-13-23-16(14-21)9-8-15-6-4-3-5-7-15/h3-7,10-11,16H,2,8-9,12-14H2,1H3/t16-/m1/s1. The molecule has 1 aliphatic rings. The van der Waals surface area contributed by atoms with Crippen LogP contribution in [0.25, 0.3) is 0 Å². The third-order valence-corrected chi connectivity index (χ3v) is 4.27. The quantitative estimate of drug-likeness (QED) is 0.848. The van der Waals surface area contributed by atoms with Crippen molar-refractivity contribution in [3.05, 3.63) is 58.6 Å². The van der Waals surface area contributed by atoms with Crippen molar-refractivity contribution < 1.29 is 4.74 Å². The maximum absolute atomic E-state index is 12.4. The molecule has 0 N–H and O–H groups in total. The van der Waals surface area contributed by atoms with Crippen LogP contribution in [0.4, 0.5) is 5.82 Å². The second kappa shape index (κ2) is 7.42. The van der Waals surface area contributed by atoms with E-state index in [1.54, 1.807) is 17.0 Å². The van der Waals surface area contributed by atoms with E-state index in [-0.39, 0.29) is 11.7 Å². The Bertz CT molecular complexity index is 684. The van der Waals surface area contributed by atoms with E-state index in [2.05, 4.69) is 34.1 Å². The van der Waals surface area contributed by atoms with Gasteiger partial charge in [0.05, 0.1) is 12.7 Å². The first-order valence-electron chi connectivity index (χ1n) is 8.24. The molecule has 23 heavy (non-hydrogen) atoms. The molecule has 0 spiro atoms. The Morgan fingerprint density at radius 2 is 2.13 bits per heavy atom. The van der Waals surface area contributed by atoms with Crippen LogP contribution in [-0.2, 0) is 17.7 Å². The molecule has 1 saturated heterocycles. The lowest BCUT2D eigenvalue weighted by molar-refractivity contribution is 0.0351. The molecule has 0 unspecified atom stereocenters. The zero-order valence-corrected chi connectivity index (χ0v) is 13.5. The molecule has 1 atom stereocenters. The van der Waals surface area contributed by atoms with Crippen LogP contribution in [0.15, 0.2) is 47.5 Å². The molecule has 122 valence electrons. The second-order valence-corrected chi connectivity index (χ2v) is 5.81. The number of hydrogen-bond acceptors (Lipinski definition) is 4. The molecule has 0 radical (unpaired) electrons. The number of hydrogen-bond donors (Lipinski definition) is 0. The van der Waals surface area contributed by atoms with Gasteiger partial charge in [0.2, 0.25) is 0 Å². The first-order valence-corrected chi connectivity index (χ1v) is 8.24. The van der Waals surface area contributed by atoms with Crippen molar-refractivity contribution in [3.63, 3.8) is 0 Å². The van der Waals surface area contributed by atoms with Crippen LogP contribution in [-0.4, -0.2) is 35.4 Å². The Kier molecular flexibility index (Phi) is 5.08. The van der Waals surface area contributed by atoms with Crippen LogP contribution in [0, 0.1) is 0 Å². The lowest BCUT2D eigenvalue weighted by atomic mass is 10.1. The average molecular weight is 313 g/mol. The zero-order chi connectivity index (χ0) is 16.1. The van der Waals surface area contributed by atoms with Gasteiger partial charge in [0.1, 0.15) is 0 Å². The summed E-state index contributed by atoms with van der Waals surface area (Å²) >= 11 is 0. The molecule has 1 aliphatic heterocycles. The lowest BCUT2D eigenvalue weighted by Gasteiger charge is -2.33. The van der Waals surface area contributed by atoms with Crippen molar-refractivity contribution >= 4 is 5.82 Å². The molecule has 0 amide bonds. The van der Waals surface area contributed by atoms with Gasteiger partial charge in [-0.05, 0) is 25.3 Å². The Labute approximate surface area is 136 Å². The molecule has 2 heterocycles. The minimum atomic E-state index is -0.0151. The summed E-state index contributed by atoms with van der Waals surface area (Å²) in [6.07, 6.45) is 5.52. The molecule has 1 aromatic carbocycles. The molecule has 5 heteroatoms. The van der Waals surface area contributed by atoms with Crippen molar-refractivity contribution in [2.24, 2.45) is 0 Å². The number of aromatic nitrogens is 2. The average Bonchev–Trinajstić information content (AvgIpc) is 2.61. The van der Waals surface area contributed by atoms with Gasteiger partial charge < -0.3 is 14.2 Å². The van der Waals surface area contributed by atoms with Crippen molar-refractivity contribution in [2.75, 3.05) is 24.6 Å². The lowest BCUT2D eigenvalue weighted by Crippen LogP contribution is -2.45. The van der Waals surface area contributed by atoms with Gasteiger partial charge in [-0.15, -0.1) is 0 Å². The SMILES string of the molecule is CCn1ccnc(N2CCO[C@H](CCc3ccccc3)C2)c1=O. The third kappa shape index (κ3) is 3.79. The monoisotopic (exact) mass is 313 g/mol.